The van der Waals surface area contributed by atoms with E-state index in [2.05, 4.69) is 27.9 Å². The van der Waals surface area contributed by atoms with Gasteiger partial charge in [-0.25, -0.2) is 0 Å². The molecular weight excluding hydrogens is 377 g/mol. The van der Waals surface area contributed by atoms with Gasteiger partial charge in [-0.2, -0.15) is 0 Å². The van der Waals surface area contributed by atoms with Gasteiger partial charge in [0, 0.05) is 21.1 Å². The van der Waals surface area contributed by atoms with Crippen LogP contribution in [0.4, 0.5) is 0 Å². The Morgan fingerprint density at radius 3 is 2.68 bits per heavy atom. The standard InChI is InChI=1S/C14H17ClINO2/c15-11-7-10(3-4-12(11)16)13(19)17-8-14(9-18)5-1-2-6-14/h3-4,7,18H,1-2,5-6,8-9H2,(H,17,19). The molecule has 0 aliphatic heterocycles. The maximum absolute atomic E-state index is 12.1. The lowest BCUT2D eigenvalue weighted by Crippen LogP contribution is -2.38. The lowest BCUT2D eigenvalue weighted by molar-refractivity contribution is 0.0880. The quantitative estimate of drug-likeness (QED) is 0.772. The number of rotatable bonds is 4. The zero-order valence-corrected chi connectivity index (χ0v) is 13.5. The molecule has 19 heavy (non-hydrogen) atoms. The maximum atomic E-state index is 12.1. The van der Waals surface area contributed by atoms with E-state index in [-0.39, 0.29) is 17.9 Å². The Morgan fingerprint density at radius 2 is 2.11 bits per heavy atom. The van der Waals surface area contributed by atoms with Crippen molar-refractivity contribution in [3.63, 3.8) is 0 Å². The van der Waals surface area contributed by atoms with Crippen molar-refractivity contribution in [2.24, 2.45) is 5.41 Å². The SMILES string of the molecule is O=C(NCC1(CO)CCCC1)c1ccc(I)c(Cl)c1. The normalized spacial score (nSPS) is 17.4. The van der Waals surface area contributed by atoms with Crippen LogP contribution in [-0.4, -0.2) is 24.2 Å². The van der Waals surface area contributed by atoms with Crippen molar-refractivity contribution in [3.8, 4) is 0 Å². The van der Waals surface area contributed by atoms with E-state index in [1.165, 1.54) is 0 Å². The fraction of sp³-hybridized carbons (Fsp3) is 0.500. The fourth-order valence-electron chi connectivity index (χ4n) is 2.52. The van der Waals surface area contributed by atoms with Gasteiger partial charge in [0.15, 0.2) is 0 Å². The minimum atomic E-state index is -0.127. The minimum absolute atomic E-state index is 0.122. The molecule has 1 saturated carbocycles. The predicted molar refractivity (Wildman–Crippen MR) is 84.5 cm³/mol. The van der Waals surface area contributed by atoms with E-state index in [9.17, 15) is 9.90 Å². The van der Waals surface area contributed by atoms with E-state index in [1.807, 2.05) is 6.07 Å². The van der Waals surface area contributed by atoms with E-state index in [0.29, 0.717) is 17.1 Å². The molecule has 0 radical (unpaired) electrons. The summed E-state index contributed by atoms with van der Waals surface area (Å²) in [5.41, 5.74) is 0.444. The molecule has 1 aromatic carbocycles. The van der Waals surface area contributed by atoms with Gasteiger partial charge >= 0.3 is 0 Å². The molecule has 0 bridgehead atoms. The highest BCUT2D eigenvalue weighted by atomic mass is 127. The molecule has 0 spiro atoms. The Bertz CT molecular complexity index is 473. The van der Waals surface area contributed by atoms with Crippen molar-refractivity contribution in [2.45, 2.75) is 25.7 Å². The summed E-state index contributed by atoms with van der Waals surface area (Å²) in [5, 5.41) is 13.0. The van der Waals surface area contributed by atoms with Crippen LogP contribution in [0.15, 0.2) is 18.2 Å². The Morgan fingerprint density at radius 1 is 1.42 bits per heavy atom. The summed E-state index contributed by atoms with van der Waals surface area (Å²) in [4.78, 5) is 12.1. The molecule has 0 aromatic heterocycles. The van der Waals surface area contributed by atoms with Crippen molar-refractivity contribution < 1.29 is 9.90 Å². The Labute approximate surface area is 131 Å². The molecule has 0 unspecified atom stereocenters. The highest BCUT2D eigenvalue weighted by Crippen LogP contribution is 2.36. The fourth-order valence-corrected chi connectivity index (χ4v) is 3.04. The van der Waals surface area contributed by atoms with Gasteiger partial charge in [0.1, 0.15) is 0 Å². The average molecular weight is 394 g/mol. The van der Waals surface area contributed by atoms with Gasteiger partial charge in [-0.05, 0) is 53.6 Å². The van der Waals surface area contributed by atoms with Crippen LogP contribution in [0.2, 0.25) is 5.02 Å². The first-order valence-corrected chi connectivity index (χ1v) is 7.86. The Balaban J connectivity index is 1.99. The van der Waals surface area contributed by atoms with Crippen LogP contribution in [0.5, 0.6) is 0 Å². The molecule has 1 aromatic rings. The van der Waals surface area contributed by atoms with Gasteiger partial charge in [0.05, 0.1) is 11.6 Å². The molecule has 104 valence electrons. The first-order valence-electron chi connectivity index (χ1n) is 6.40. The number of hydrogen-bond acceptors (Lipinski definition) is 2. The summed E-state index contributed by atoms with van der Waals surface area (Å²) >= 11 is 8.14. The van der Waals surface area contributed by atoms with Crippen LogP contribution in [-0.2, 0) is 0 Å². The largest absolute Gasteiger partial charge is 0.396 e. The van der Waals surface area contributed by atoms with E-state index in [0.717, 1.165) is 29.3 Å². The zero-order valence-electron chi connectivity index (χ0n) is 10.6. The van der Waals surface area contributed by atoms with E-state index < -0.39 is 0 Å². The van der Waals surface area contributed by atoms with Gasteiger partial charge < -0.3 is 10.4 Å². The number of amides is 1. The summed E-state index contributed by atoms with van der Waals surface area (Å²) in [6.07, 6.45) is 4.23. The molecule has 3 nitrogen and oxygen atoms in total. The molecule has 0 heterocycles. The van der Waals surface area contributed by atoms with Gasteiger partial charge in [-0.3, -0.25) is 4.79 Å². The van der Waals surface area contributed by atoms with Crippen LogP contribution in [0.1, 0.15) is 36.0 Å². The van der Waals surface area contributed by atoms with Crippen LogP contribution < -0.4 is 5.32 Å². The van der Waals surface area contributed by atoms with Crippen LogP contribution >= 0.6 is 34.2 Å². The third kappa shape index (κ3) is 3.61. The first-order chi connectivity index (χ1) is 9.06. The molecule has 1 aliphatic rings. The topological polar surface area (TPSA) is 49.3 Å². The van der Waals surface area contributed by atoms with Crippen molar-refractivity contribution in [1.82, 2.24) is 5.32 Å². The molecule has 0 saturated heterocycles. The maximum Gasteiger partial charge on any atom is 0.251 e. The van der Waals surface area contributed by atoms with E-state index >= 15 is 0 Å². The highest BCUT2D eigenvalue weighted by molar-refractivity contribution is 14.1. The number of hydrogen-bond donors (Lipinski definition) is 2. The van der Waals surface area contributed by atoms with Crippen molar-refractivity contribution >= 4 is 40.1 Å². The van der Waals surface area contributed by atoms with Gasteiger partial charge in [-0.1, -0.05) is 24.4 Å². The second kappa shape index (κ2) is 6.41. The number of carbonyl (C=O) groups excluding carboxylic acids is 1. The molecule has 1 amide bonds. The molecule has 1 aliphatic carbocycles. The van der Waals surface area contributed by atoms with Crippen LogP contribution in [0.25, 0.3) is 0 Å². The Kier molecular flexibility index (Phi) is 5.09. The molecule has 2 rings (SSSR count). The molecule has 0 atom stereocenters. The summed E-state index contributed by atoms with van der Waals surface area (Å²) in [6.45, 7) is 0.673. The van der Waals surface area contributed by atoms with Crippen molar-refractivity contribution in [2.75, 3.05) is 13.2 Å². The number of aliphatic hydroxyl groups is 1. The van der Waals surface area contributed by atoms with E-state index in [1.54, 1.807) is 12.1 Å². The van der Waals surface area contributed by atoms with Gasteiger partial charge in [0.25, 0.3) is 5.91 Å². The van der Waals surface area contributed by atoms with Crippen LogP contribution in [0.3, 0.4) is 0 Å². The monoisotopic (exact) mass is 393 g/mol. The summed E-state index contributed by atoms with van der Waals surface area (Å²) < 4.78 is 0.929. The van der Waals surface area contributed by atoms with Gasteiger partial charge in [0.2, 0.25) is 0 Å². The zero-order chi connectivity index (χ0) is 13.9. The average Bonchev–Trinajstić information content (AvgIpc) is 2.89. The second-order valence-electron chi connectivity index (χ2n) is 5.18. The third-order valence-corrected chi connectivity index (χ3v) is 5.38. The van der Waals surface area contributed by atoms with Gasteiger partial charge in [-0.15, -0.1) is 0 Å². The van der Waals surface area contributed by atoms with Crippen molar-refractivity contribution in [1.29, 1.82) is 0 Å². The van der Waals surface area contributed by atoms with Crippen LogP contribution in [0, 0.1) is 8.99 Å². The van der Waals surface area contributed by atoms with E-state index in [4.69, 9.17) is 11.6 Å². The summed E-state index contributed by atoms with van der Waals surface area (Å²) in [6, 6.07) is 5.28. The number of nitrogens with one attached hydrogen (secondary N) is 1. The first kappa shape index (κ1) is 15.1. The smallest absolute Gasteiger partial charge is 0.251 e. The summed E-state index contributed by atoms with van der Waals surface area (Å²) in [7, 11) is 0. The summed E-state index contributed by atoms with van der Waals surface area (Å²) in [5.74, 6) is -0.127. The highest BCUT2D eigenvalue weighted by Gasteiger charge is 2.33. The van der Waals surface area contributed by atoms with Crippen molar-refractivity contribution in [3.05, 3.63) is 32.4 Å². The number of carbonyl (C=O) groups is 1. The molecule has 5 heteroatoms. The minimum Gasteiger partial charge on any atom is -0.396 e. The predicted octanol–water partition coefficient (Wildman–Crippen LogP) is 3.23. The molecular formula is C14H17ClINO2. The third-order valence-electron chi connectivity index (χ3n) is 3.81. The number of benzene rings is 1. The Hall–Kier alpha value is -0.330. The number of aliphatic hydroxyl groups excluding tert-OH is 1. The second-order valence-corrected chi connectivity index (χ2v) is 6.75. The number of halogens is 2. The lowest BCUT2D eigenvalue weighted by Gasteiger charge is -2.26. The molecule has 1 fully saturated rings. The lowest BCUT2D eigenvalue weighted by atomic mass is 9.87. The molecule has 2 N–H and O–H groups in total.